The van der Waals surface area contributed by atoms with Crippen molar-refractivity contribution in [2.45, 2.75) is 32.2 Å². The molecule has 3 rings (SSSR count). The standard InChI is InChI=1S/C25H30N2O5S/c1-16(2)13-22(24(30)26-11-12-33-15-23(28)29)27-25(31)32-14-21-19-9-5-3-7-17(19)18-8-4-6-10-20(18)21/h3-10,16,21-22H,11-15H2,1-2H3,(H,26,30)(H,27,31)(H,28,29)/t22-/m0/s1. The number of thioether (sulfide) groups is 1. The van der Waals surface area contributed by atoms with Crippen LogP contribution in [0.15, 0.2) is 48.5 Å². The highest BCUT2D eigenvalue weighted by molar-refractivity contribution is 7.99. The summed E-state index contributed by atoms with van der Waals surface area (Å²) in [6.07, 6.45) is -0.156. The largest absolute Gasteiger partial charge is 0.481 e. The van der Waals surface area contributed by atoms with Crippen molar-refractivity contribution in [1.29, 1.82) is 0 Å². The molecule has 0 saturated carbocycles. The number of alkyl carbamates (subject to hydrolysis) is 1. The number of hydrogen-bond acceptors (Lipinski definition) is 5. The Morgan fingerprint density at radius 2 is 1.64 bits per heavy atom. The summed E-state index contributed by atoms with van der Waals surface area (Å²) in [7, 11) is 0. The molecule has 1 aliphatic rings. The van der Waals surface area contributed by atoms with Crippen LogP contribution in [0.3, 0.4) is 0 Å². The molecule has 0 spiro atoms. The number of aliphatic carboxylic acids is 1. The molecule has 0 fully saturated rings. The second-order valence-electron chi connectivity index (χ2n) is 8.39. The van der Waals surface area contributed by atoms with E-state index < -0.39 is 18.1 Å². The van der Waals surface area contributed by atoms with Gasteiger partial charge in [0.25, 0.3) is 0 Å². The average Bonchev–Trinajstić information content (AvgIpc) is 3.10. The first-order valence-corrected chi connectivity index (χ1v) is 12.2. The highest BCUT2D eigenvalue weighted by atomic mass is 32.2. The van der Waals surface area contributed by atoms with Crippen LogP contribution >= 0.6 is 11.8 Å². The van der Waals surface area contributed by atoms with Gasteiger partial charge in [0.15, 0.2) is 0 Å². The molecule has 0 unspecified atom stereocenters. The van der Waals surface area contributed by atoms with Gasteiger partial charge in [-0.3, -0.25) is 9.59 Å². The monoisotopic (exact) mass is 470 g/mol. The van der Waals surface area contributed by atoms with E-state index in [9.17, 15) is 14.4 Å². The fourth-order valence-corrected chi connectivity index (χ4v) is 4.58. The molecule has 0 bridgehead atoms. The van der Waals surface area contributed by atoms with Crippen LogP contribution in [-0.2, 0) is 14.3 Å². The highest BCUT2D eigenvalue weighted by Gasteiger charge is 2.30. The molecular weight excluding hydrogens is 440 g/mol. The van der Waals surface area contributed by atoms with Gasteiger partial charge in [-0.25, -0.2) is 4.79 Å². The highest BCUT2D eigenvalue weighted by Crippen LogP contribution is 2.44. The Kier molecular flexibility index (Phi) is 8.77. The van der Waals surface area contributed by atoms with Gasteiger partial charge in [-0.2, -0.15) is 0 Å². The van der Waals surface area contributed by atoms with Crippen molar-refractivity contribution in [3.8, 4) is 11.1 Å². The Bertz CT molecular complexity index is 949. The van der Waals surface area contributed by atoms with Crippen LogP contribution in [0, 0.1) is 5.92 Å². The summed E-state index contributed by atoms with van der Waals surface area (Å²) in [4.78, 5) is 35.8. The van der Waals surface area contributed by atoms with Crippen molar-refractivity contribution in [2.24, 2.45) is 5.92 Å². The van der Waals surface area contributed by atoms with Crippen LogP contribution in [0.4, 0.5) is 4.79 Å². The van der Waals surface area contributed by atoms with Gasteiger partial charge >= 0.3 is 12.1 Å². The van der Waals surface area contributed by atoms with Crippen molar-refractivity contribution in [3.05, 3.63) is 59.7 Å². The van der Waals surface area contributed by atoms with Crippen molar-refractivity contribution in [2.75, 3.05) is 24.7 Å². The topological polar surface area (TPSA) is 105 Å². The van der Waals surface area contributed by atoms with Crippen molar-refractivity contribution in [1.82, 2.24) is 10.6 Å². The Balaban J connectivity index is 1.56. The summed E-state index contributed by atoms with van der Waals surface area (Å²) in [6.45, 7) is 4.46. The SMILES string of the molecule is CC(C)C[C@H](NC(=O)OCC1c2ccccc2-c2ccccc21)C(=O)NCCSCC(=O)O. The zero-order chi connectivity index (χ0) is 23.8. The third-order valence-corrected chi connectivity index (χ3v) is 6.37. The Morgan fingerprint density at radius 3 is 2.21 bits per heavy atom. The lowest BCUT2D eigenvalue weighted by Crippen LogP contribution is -2.48. The third kappa shape index (κ3) is 6.74. The number of fused-ring (bicyclic) bond motifs is 3. The van der Waals surface area contributed by atoms with Gasteiger partial charge in [-0.1, -0.05) is 62.4 Å². The number of hydrogen-bond donors (Lipinski definition) is 3. The molecule has 3 N–H and O–H groups in total. The van der Waals surface area contributed by atoms with Gasteiger partial charge in [0.2, 0.25) is 5.91 Å². The molecule has 2 amide bonds. The molecule has 0 radical (unpaired) electrons. The Labute approximate surface area is 198 Å². The first-order valence-electron chi connectivity index (χ1n) is 11.1. The van der Waals surface area contributed by atoms with E-state index in [2.05, 4.69) is 34.9 Å². The molecule has 0 aliphatic heterocycles. The van der Waals surface area contributed by atoms with Gasteiger partial charge in [0.1, 0.15) is 12.6 Å². The summed E-state index contributed by atoms with van der Waals surface area (Å²) < 4.78 is 5.57. The van der Waals surface area contributed by atoms with Crippen molar-refractivity contribution in [3.63, 3.8) is 0 Å². The summed E-state index contributed by atoms with van der Waals surface area (Å²) in [5.41, 5.74) is 4.56. The summed E-state index contributed by atoms with van der Waals surface area (Å²) >= 11 is 1.23. The minimum atomic E-state index is -0.888. The summed E-state index contributed by atoms with van der Waals surface area (Å²) in [6, 6.07) is 15.5. The van der Waals surface area contributed by atoms with E-state index in [-0.39, 0.29) is 30.1 Å². The van der Waals surface area contributed by atoms with Crippen LogP contribution in [0.1, 0.15) is 37.3 Å². The molecule has 176 valence electrons. The van der Waals surface area contributed by atoms with Crippen LogP contribution in [0.25, 0.3) is 11.1 Å². The molecule has 1 atom stereocenters. The number of benzene rings is 2. The maximum absolute atomic E-state index is 12.6. The number of carboxylic acids is 1. The molecule has 7 nitrogen and oxygen atoms in total. The number of carbonyl (C=O) groups excluding carboxylic acids is 2. The molecule has 2 aromatic rings. The molecule has 2 aromatic carbocycles. The van der Waals surface area contributed by atoms with Gasteiger partial charge in [-0.15, -0.1) is 11.8 Å². The fraction of sp³-hybridized carbons (Fsp3) is 0.400. The lowest BCUT2D eigenvalue weighted by molar-refractivity contribution is -0.133. The average molecular weight is 471 g/mol. The fourth-order valence-electron chi connectivity index (χ4n) is 4.01. The molecular formula is C25H30N2O5S. The first-order chi connectivity index (χ1) is 15.9. The van der Waals surface area contributed by atoms with Crippen LogP contribution < -0.4 is 10.6 Å². The van der Waals surface area contributed by atoms with E-state index in [1.54, 1.807) is 0 Å². The molecule has 0 saturated heterocycles. The summed E-state index contributed by atoms with van der Waals surface area (Å²) in [5.74, 6) is -0.572. The second kappa shape index (κ2) is 11.7. The lowest BCUT2D eigenvalue weighted by Gasteiger charge is -2.21. The predicted octanol–water partition coefficient (Wildman–Crippen LogP) is 3.87. The Hall–Kier alpha value is -3.00. The lowest BCUT2D eigenvalue weighted by atomic mass is 9.98. The Morgan fingerprint density at radius 1 is 1.03 bits per heavy atom. The minimum Gasteiger partial charge on any atom is -0.481 e. The van der Waals surface area contributed by atoms with E-state index in [0.717, 1.165) is 22.3 Å². The maximum atomic E-state index is 12.6. The predicted molar refractivity (Wildman–Crippen MR) is 129 cm³/mol. The maximum Gasteiger partial charge on any atom is 0.407 e. The van der Waals surface area contributed by atoms with E-state index in [0.29, 0.717) is 18.7 Å². The summed E-state index contributed by atoms with van der Waals surface area (Å²) in [5, 5.41) is 14.1. The van der Waals surface area contributed by atoms with Gasteiger partial charge in [0, 0.05) is 18.2 Å². The number of amides is 2. The van der Waals surface area contributed by atoms with Crippen LogP contribution in [0.5, 0.6) is 0 Å². The number of carboxylic acid groups (broad SMARTS) is 1. The first kappa shape index (κ1) is 24.6. The quantitative estimate of drug-likeness (QED) is 0.431. The zero-order valence-electron chi connectivity index (χ0n) is 18.9. The van der Waals surface area contributed by atoms with E-state index >= 15 is 0 Å². The molecule has 0 aromatic heterocycles. The minimum absolute atomic E-state index is 0.0106. The van der Waals surface area contributed by atoms with E-state index in [4.69, 9.17) is 9.84 Å². The van der Waals surface area contributed by atoms with E-state index in [1.165, 1.54) is 11.8 Å². The van der Waals surface area contributed by atoms with Gasteiger partial charge < -0.3 is 20.5 Å². The number of ether oxygens (including phenoxy) is 1. The molecule has 33 heavy (non-hydrogen) atoms. The molecule has 8 heteroatoms. The third-order valence-electron chi connectivity index (χ3n) is 5.43. The van der Waals surface area contributed by atoms with Crippen molar-refractivity contribution >= 4 is 29.7 Å². The second-order valence-corrected chi connectivity index (χ2v) is 9.49. The van der Waals surface area contributed by atoms with E-state index in [1.807, 2.05) is 38.1 Å². The smallest absolute Gasteiger partial charge is 0.407 e. The van der Waals surface area contributed by atoms with Crippen LogP contribution in [0.2, 0.25) is 0 Å². The van der Waals surface area contributed by atoms with Crippen molar-refractivity contribution < 1.29 is 24.2 Å². The number of nitrogens with one attached hydrogen (secondary N) is 2. The zero-order valence-corrected chi connectivity index (χ0v) is 19.7. The van der Waals surface area contributed by atoms with Gasteiger partial charge in [-0.05, 0) is 34.6 Å². The van der Waals surface area contributed by atoms with Crippen LogP contribution in [-0.4, -0.2) is 53.8 Å². The number of rotatable bonds is 11. The molecule has 0 heterocycles. The van der Waals surface area contributed by atoms with Gasteiger partial charge in [0.05, 0.1) is 5.75 Å². The molecule has 1 aliphatic carbocycles. The number of carbonyl (C=O) groups is 3. The normalized spacial score (nSPS) is 13.2.